The molecule has 3 aromatic carbocycles. The maximum Gasteiger partial charge on any atom is 0.319 e. The molecule has 0 aliphatic heterocycles. The number of halogens is 2. The van der Waals surface area contributed by atoms with Gasteiger partial charge < -0.3 is 20.7 Å². The predicted molar refractivity (Wildman–Crippen MR) is 143 cm³/mol. The number of nitrogens with one attached hydrogen (secondary N) is 3. The molecule has 15 heteroatoms. The van der Waals surface area contributed by atoms with Crippen molar-refractivity contribution in [2.75, 3.05) is 18.4 Å². The lowest BCUT2D eigenvalue weighted by Crippen LogP contribution is -2.38. The summed E-state index contributed by atoms with van der Waals surface area (Å²) in [6.07, 6.45) is 0. The summed E-state index contributed by atoms with van der Waals surface area (Å²) in [5.41, 5.74) is 0.656. The van der Waals surface area contributed by atoms with Crippen LogP contribution in [0.1, 0.15) is 0 Å². The molecule has 1 heterocycles. The van der Waals surface area contributed by atoms with Gasteiger partial charge in [-0.2, -0.15) is 4.80 Å². The average Bonchev–Trinajstić information content (AvgIpc) is 3.37. The zero-order valence-corrected chi connectivity index (χ0v) is 21.5. The number of benzene rings is 3. The van der Waals surface area contributed by atoms with Crippen molar-refractivity contribution < 1.29 is 19.2 Å². The molecule has 3 amide bonds. The molecule has 39 heavy (non-hydrogen) atoms. The molecule has 0 unspecified atom stereocenters. The van der Waals surface area contributed by atoms with Gasteiger partial charge in [-0.1, -0.05) is 41.4 Å². The van der Waals surface area contributed by atoms with E-state index in [0.29, 0.717) is 27.1 Å². The molecule has 0 saturated heterocycles. The van der Waals surface area contributed by atoms with E-state index in [9.17, 15) is 19.7 Å². The number of amides is 3. The van der Waals surface area contributed by atoms with Gasteiger partial charge in [0.05, 0.1) is 15.5 Å². The van der Waals surface area contributed by atoms with Crippen LogP contribution in [0.3, 0.4) is 0 Å². The second-order valence-corrected chi connectivity index (χ2v) is 8.70. The molecule has 4 aromatic rings. The molecule has 0 saturated carbocycles. The summed E-state index contributed by atoms with van der Waals surface area (Å²) in [6, 6.07) is 16.8. The van der Waals surface area contributed by atoms with Crippen molar-refractivity contribution in [1.29, 1.82) is 0 Å². The number of anilines is 1. The molecule has 0 aliphatic carbocycles. The van der Waals surface area contributed by atoms with E-state index in [1.54, 1.807) is 42.5 Å². The summed E-state index contributed by atoms with van der Waals surface area (Å²) in [7, 11) is 0. The van der Waals surface area contributed by atoms with E-state index in [0.717, 1.165) is 4.80 Å². The lowest BCUT2D eigenvalue weighted by Gasteiger charge is -2.10. The van der Waals surface area contributed by atoms with Crippen molar-refractivity contribution in [1.82, 2.24) is 30.8 Å². The highest BCUT2D eigenvalue weighted by Crippen LogP contribution is 2.35. The van der Waals surface area contributed by atoms with E-state index in [2.05, 4.69) is 31.4 Å². The first-order chi connectivity index (χ1) is 18.8. The monoisotopic (exact) mass is 570 g/mol. The zero-order valence-electron chi connectivity index (χ0n) is 20.0. The third-order valence-corrected chi connectivity index (χ3v) is 5.56. The highest BCUT2D eigenvalue weighted by Gasteiger charge is 2.15. The van der Waals surface area contributed by atoms with Crippen LogP contribution in [-0.4, -0.2) is 50.2 Å². The van der Waals surface area contributed by atoms with E-state index in [1.165, 1.54) is 24.3 Å². The maximum atomic E-state index is 12.3. The zero-order chi connectivity index (χ0) is 27.8. The molecule has 0 atom stereocenters. The van der Waals surface area contributed by atoms with Gasteiger partial charge in [-0.3, -0.25) is 14.9 Å². The largest absolute Gasteiger partial charge is 0.455 e. The predicted octanol–water partition coefficient (Wildman–Crippen LogP) is 4.29. The summed E-state index contributed by atoms with van der Waals surface area (Å²) >= 11 is 12.2. The van der Waals surface area contributed by atoms with Gasteiger partial charge in [0.15, 0.2) is 0 Å². The van der Waals surface area contributed by atoms with Crippen LogP contribution < -0.4 is 20.7 Å². The molecule has 200 valence electrons. The van der Waals surface area contributed by atoms with Crippen LogP contribution in [0.5, 0.6) is 11.5 Å². The lowest BCUT2D eigenvalue weighted by molar-refractivity contribution is -0.384. The standard InChI is InChI=1S/C24H20Cl2N8O5/c25-15-8-9-21(19(26)12-15)39-20-7-2-1-6-18(20)23-30-32-33(31-23)14-22(35)27-10-11-28-24(36)29-16-4-3-5-17(13-16)34(37)38/h1-9,12-13H,10-11,14H2,(H,27,35)(H2,28,29,36). The van der Waals surface area contributed by atoms with Crippen LogP contribution in [0.15, 0.2) is 66.7 Å². The van der Waals surface area contributed by atoms with Gasteiger partial charge in [0, 0.05) is 35.9 Å². The summed E-state index contributed by atoms with van der Waals surface area (Å²) in [4.78, 5) is 35.7. The Balaban J connectivity index is 1.26. The molecule has 0 spiro atoms. The van der Waals surface area contributed by atoms with Gasteiger partial charge in [-0.25, -0.2) is 4.79 Å². The Morgan fingerprint density at radius 2 is 1.77 bits per heavy atom. The number of aromatic nitrogens is 4. The Bertz CT molecular complexity index is 1510. The summed E-state index contributed by atoms with van der Waals surface area (Å²) < 4.78 is 5.92. The Labute approximate surface area is 231 Å². The first kappa shape index (κ1) is 27.3. The quantitative estimate of drug-likeness (QED) is 0.144. The summed E-state index contributed by atoms with van der Waals surface area (Å²) in [5, 5.41) is 31.5. The number of urea groups is 1. The van der Waals surface area contributed by atoms with Gasteiger partial charge in [-0.05, 0) is 41.6 Å². The van der Waals surface area contributed by atoms with Gasteiger partial charge in [0.25, 0.3) is 5.69 Å². The van der Waals surface area contributed by atoms with Crippen molar-refractivity contribution in [3.8, 4) is 22.9 Å². The first-order valence-electron chi connectivity index (χ1n) is 11.3. The number of nitrogens with zero attached hydrogens (tertiary/aromatic N) is 5. The number of hydrogen-bond donors (Lipinski definition) is 3. The van der Waals surface area contributed by atoms with Gasteiger partial charge in [-0.15, -0.1) is 10.2 Å². The molecule has 0 aliphatic rings. The summed E-state index contributed by atoms with van der Waals surface area (Å²) in [6.45, 7) is 0.0285. The topological polar surface area (TPSA) is 166 Å². The normalized spacial score (nSPS) is 10.5. The van der Waals surface area contributed by atoms with Crippen molar-refractivity contribution in [3.63, 3.8) is 0 Å². The molecule has 0 fully saturated rings. The number of nitro benzene ring substituents is 1. The number of non-ortho nitro benzene ring substituents is 1. The van der Waals surface area contributed by atoms with Crippen molar-refractivity contribution in [2.45, 2.75) is 6.54 Å². The number of hydrogen-bond acceptors (Lipinski definition) is 8. The van der Waals surface area contributed by atoms with Crippen LogP contribution in [0.25, 0.3) is 11.4 Å². The van der Waals surface area contributed by atoms with Gasteiger partial charge in [0.2, 0.25) is 11.7 Å². The molecule has 4 rings (SSSR count). The molecule has 1 aromatic heterocycles. The number of carbonyl (C=O) groups is 2. The van der Waals surface area contributed by atoms with E-state index in [1.807, 2.05) is 0 Å². The number of tetrazole rings is 1. The minimum atomic E-state index is -0.576. The Hall–Kier alpha value is -4.75. The molecular formula is C24H20Cl2N8O5. The maximum absolute atomic E-state index is 12.3. The summed E-state index contributed by atoms with van der Waals surface area (Å²) in [5.74, 6) is 0.660. The molecule has 0 radical (unpaired) electrons. The molecule has 3 N–H and O–H groups in total. The molecular weight excluding hydrogens is 551 g/mol. The van der Waals surface area contributed by atoms with E-state index in [4.69, 9.17) is 27.9 Å². The third kappa shape index (κ3) is 7.63. The third-order valence-electron chi connectivity index (χ3n) is 5.03. The smallest absolute Gasteiger partial charge is 0.319 e. The number of ether oxygens (including phenoxy) is 1. The molecule has 0 bridgehead atoms. The Morgan fingerprint density at radius 1 is 0.974 bits per heavy atom. The minimum absolute atomic E-state index is 0.112. The highest BCUT2D eigenvalue weighted by molar-refractivity contribution is 6.35. The fourth-order valence-corrected chi connectivity index (χ4v) is 3.72. The van der Waals surface area contributed by atoms with Gasteiger partial charge >= 0.3 is 6.03 Å². The SMILES string of the molecule is O=C(Cn1nnc(-c2ccccc2Oc2ccc(Cl)cc2Cl)n1)NCCNC(=O)Nc1cccc([N+](=O)[O-])c1. The Morgan fingerprint density at radius 3 is 2.56 bits per heavy atom. The van der Waals surface area contributed by atoms with E-state index in [-0.39, 0.29) is 36.8 Å². The fraction of sp³-hybridized carbons (Fsp3) is 0.125. The van der Waals surface area contributed by atoms with Crippen LogP contribution in [-0.2, 0) is 11.3 Å². The van der Waals surface area contributed by atoms with Crippen LogP contribution in [0.2, 0.25) is 10.0 Å². The number of para-hydroxylation sites is 1. The second kappa shape index (κ2) is 12.7. The molecule has 13 nitrogen and oxygen atoms in total. The second-order valence-electron chi connectivity index (χ2n) is 7.85. The first-order valence-corrected chi connectivity index (χ1v) is 12.1. The lowest BCUT2D eigenvalue weighted by atomic mass is 10.2. The fourth-order valence-electron chi connectivity index (χ4n) is 3.27. The minimum Gasteiger partial charge on any atom is -0.455 e. The van der Waals surface area contributed by atoms with E-state index >= 15 is 0 Å². The van der Waals surface area contributed by atoms with Crippen LogP contribution >= 0.6 is 23.2 Å². The van der Waals surface area contributed by atoms with Crippen LogP contribution in [0, 0.1) is 10.1 Å². The number of nitro groups is 1. The van der Waals surface area contributed by atoms with Crippen molar-refractivity contribution >= 4 is 46.5 Å². The van der Waals surface area contributed by atoms with Crippen molar-refractivity contribution in [3.05, 3.63) is 86.9 Å². The Kier molecular flexibility index (Phi) is 8.86. The average molecular weight is 571 g/mol. The van der Waals surface area contributed by atoms with Crippen molar-refractivity contribution in [2.24, 2.45) is 0 Å². The number of carbonyl (C=O) groups excluding carboxylic acids is 2. The highest BCUT2D eigenvalue weighted by atomic mass is 35.5. The van der Waals surface area contributed by atoms with Gasteiger partial charge in [0.1, 0.15) is 18.0 Å². The van der Waals surface area contributed by atoms with E-state index < -0.39 is 16.9 Å². The van der Waals surface area contributed by atoms with Crippen LogP contribution in [0.4, 0.5) is 16.2 Å². The number of rotatable bonds is 10.